The lowest BCUT2D eigenvalue weighted by atomic mass is 9.34. The molecule has 11 atom stereocenters. The molecule has 10 heteroatoms. The summed E-state index contributed by atoms with van der Waals surface area (Å²) >= 11 is 0. The molecule has 3 heterocycles. The van der Waals surface area contributed by atoms with Crippen molar-refractivity contribution in [1.82, 2.24) is 0 Å². The van der Waals surface area contributed by atoms with Crippen LogP contribution in [0.4, 0.5) is 0 Å². The summed E-state index contributed by atoms with van der Waals surface area (Å²) in [6.45, 7) is 14.7. The van der Waals surface area contributed by atoms with Gasteiger partial charge in [-0.2, -0.15) is 0 Å². The molecule has 42 heavy (non-hydrogen) atoms. The summed E-state index contributed by atoms with van der Waals surface area (Å²) < 4.78 is 36.2. The van der Waals surface area contributed by atoms with Crippen molar-refractivity contribution in [3.05, 3.63) is 24.2 Å². The van der Waals surface area contributed by atoms with Crippen LogP contribution in [-0.2, 0) is 42.9 Å². The third kappa shape index (κ3) is 3.53. The molecule has 0 bridgehead atoms. The molecule has 1 aromatic heterocycles. The number of epoxide rings is 1. The Balaban J connectivity index is 1.54. The highest BCUT2D eigenvalue weighted by Crippen LogP contribution is 2.80. The van der Waals surface area contributed by atoms with Crippen LogP contribution >= 0.6 is 0 Å². The van der Waals surface area contributed by atoms with Crippen LogP contribution in [0.3, 0.4) is 0 Å². The molecule has 1 spiro atoms. The number of hydrogen-bond donors (Lipinski definition) is 0. The molecule has 2 saturated heterocycles. The number of furan rings is 1. The molecule has 3 aliphatic carbocycles. The lowest BCUT2D eigenvalue weighted by Crippen LogP contribution is -2.75. The Morgan fingerprint density at radius 2 is 1.45 bits per heavy atom. The number of cyclic esters (lactones) is 1. The zero-order chi connectivity index (χ0) is 30.6. The molecule has 10 nitrogen and oxygen atoms in total. The summed E-state index contributed by atoms with van der Waals surface area (Å²) in [5.74, 6) is -2.01. The minimum Gasteiger partial charge on any atom is -0.472 e. The normalized spacial score (nSPS) is 46.5. The first-order chi connectivity index (χ1) is 19.5. The van der Waals surface area contributed by atoms with Crippen molar-refractivity contribution in [2.24, 2.45) is 33.5 Å². The second-order valence-electron chi connectivity index (χ2n) is 14.4. The highest BCUT2D eigenvalue weighted by atomic mass is 16.7. The van der Waals surface area contributed by atoms with Gasteiger partial charge in [0, 0.05) is 54.4 Å². The van der Waals surface area contributed by atoms with E-state index in [1.807, 2.05) is 6.07 Å². The van der Waals surface area contributed by atoms with Crippen LogP contribution in [0.2, 0.25) is 0 Å². The van der Waals surface area contributed by atoms with E-state index < -0.39 is 81.7 Å². The first-order valence-corrected chi connectivity index (χ1v) is 15.0. The minimum absolute atomic E-state index is 0.159. The predicted octanol–water partition coefficient (Wildman–Crippen LogP) is 4.69. The average molecular weight is 587 g/mol. The van der Waals surface area contributed by atoms with E-state index in [2.05, 4.69) is 34.6 Å². The molecular formula is C32H42O10. The standard InChI is InChI=1S/C32H42O10/c1-16(33)38-22-14-23(39-17(2)34)30(7)20-9-11-29(6)25(19-10-12-37-15-19)41-27(36)26-32(29,42-26)31(20,8)24(40-18(3)35)13-21(30)28(22,4)5/h10,12,15,20-26H,9,11,13-14H2,1-8H3/t20?,21-,22-,23-,24-,25+,26+,29-,30-,31-,32-/m0/s1. The molecule has 1 unspecified atom stereocenters. The van der Waals surface area contributed by atoms with E-state index in [9.17, 15) is 19.2 Å². The molecule has 5 aliphatic rings. The van der Waals surface area contributed by atoms with E-state index in [0.29, 0.717) is 25.7 Å². The van der Waals surface area contributed by atoms with Crippen LogP contribution in [0.25, 0.3) is 0 Å². The molecule has 0 radical (unpaired) electrons. The van der Waals surface area contributed by atoms with Crippen LogP contribution in [0, 0.1) is 33.5 Å². The Bertz CT molecular complexity index is 1320. The van der Waals surface area contributed by atoms with Gasteiger partial charge < -0.3 is 28.1 Å². The van der Waals surface area contributed by atoms with Gasteiger partial charge in [0.2, 0.25) is 0 Å². The molecule has 6 rings (SSSR count). The van der Waals surface area contributed by atoms with E-state index in [4.69, 9.17) is 28.1 Å². The number of hydrogen-bond acceptors (Lipinski definition) is 10. The average Bonchev–Trinajstić information content (AvgIpc) is 3.45. The Labute approximate surface area is 246 Å². The van der Waals surface area contributed by atoms with Crippen LogP contribution in [0.1, 0.15) is 92.7 Å². The maximum atomic E-state index is 13.5. The van der Waals surface area contributed by atoms with Crippen molar-refractivity contribution in [3.63, 3.8) is 0 Å². The lowest BCUT2D eigenvalue weighted by molar-refractivity contribution is -0.298. The molecule has 230 valence electrons. The van der Waals surface area contributed by atoms with Crippen molar-refractivity contribution in [2.75, 3.05) is 0 Å². The molecule has 0 N–H and O–H groups in total. The van der Waals surface area contributed by atoms with E-state index in [1.165, 1.54) is 20.8 Å². The van der Waals surface area contributed by atoms with E-state index in [-0.39, 0.29) is 11.8 Å². The van der Waals surface area contributed by atoms with E-state index in [1.54, 1.807) is 12.5 Å². The van der Waals surface area contributed by atoms with Crippen molar-refractivity contribution in [3.8, 4) is 0 Å². The molecule has 0 aromatic carbocycles. The Morgan fingerprint density at radius 1 is 0.833 bits per heavy atom. The fourth-order valence-electron chi connectivity index (χ4n) is 10.6. The van der Waals surface area contributed by atoms with Crippen LogP contribution in [0.15, 0.2) is 23.0 Å². The van der Waals surface area contributed by atoms with Gasteiger partial charge in [0.05, 0.1) is 12.5 Å². The van der Waals surface area contributed by atoms with Crippen LogP contribution in [0.5, 0.6) is 0 Å². The smallest absolute Gasteiger partial charge is 0.339 e. The van der Waals surface area contributed by atoms with Crippen molar-refractivity contribution in [2.45, 2.75) is 117 Å². The quantitative estimate of drug-likeness (QED) is 0.278. The number of esters is 4. The van der Waals surface area contributed by atoms with E-state index >= 15 is 0 Å². The zero-order valence-corrected chi connectivity index (χ0v) is 25.7. The van der Waals surface area contributed by atoms with Crippen molar-refractivity contribution < 1.29 is 47.3 Å². The van der Waals surface area contributed by atoms with Gasteiger partial charge in [0.15, 0.2) is 6.10 Å². The fraction of sp³-hybridized carbons (Fsp3) is 0.750. The second kappa shape index (κ2) is 9.07. The summed E-state index contributed by atoms with van der Waals surface area (Å²) in [6.07, 6.45) is 2.16. The predicted molar refractivity (Wildman–Crippen MR) is 145 cm³/mol. The highest BCUT2D eigenvalue weighted by Gasteiger charge is 2.89. The number of carbonyl (C=O) groups is 4. The summed E-state index contributed by atoms with van der Waals surface area (Å²) in [5.41, 5.74) is -2.88. The van der Waals surface area contributed by atoms with Crippen LogP contribution < -0.4 is 0 Å². The summed E-state index contributed by atoms with van der Waals surface area (Å²) in [6, 6.07) is 1.81. The Hall–Kier alpha value is -2.88. The van der Waals surface area contributed by atoms with Crippen molar-refractivity contribution in [1.29, 1.82) is 0 Å². The maximum Gasteiger partial charge on any atom is 0.339 e. The largest absolute Gasteiger partial charge is 0.472 e. The van der Waals surface area contributed by atoms with Gasteiger partial charge in [-0.15, -0.1) is 0 Å². The summed E-state index contributed by atoms with van der Waals surface area (Å²) in [7, 11) is 0. The zero-order valence-electron chi connectivity index (χ0n) is 25.7. The van der Waals surface area contributed by atoms with E-state index in [0.717, 1.165) is 5.56 Å². The fourth-order valence-corrected chi connectivity index (χ4v) is 10.6. The SMILES string of the molecule is CC(=O)O[C@H]1C[C@H](OC(C)=O)[C@@]2(C)C3CC[C@@]4(C)[C@@H](c5ccoc5)OC(=O)[C@H]5O[C@@]54[C@]3(C)[C@@H](OC(C)=O)C[C@H]2C1(C)C. The number of carbonyl (C=O) groups excluding carboxylic acids is 4. The first kappa shape index (κ1) is 29.2. The Morgan fingerprint density at radius 3 is 2.05 bits per heavy atom. The van der Waals surface area contributed by atoms with Gasteiger partial charge in [-0.05, 0) is 37.2 Å². The van der Waals surface area contributed by atoms with Crippen molar-refractivity contribution >= 4 is 23.9 Å². The van der Waals surface area contributed by atoms with Gasteiger partial charge in [-0.1, -0.05) is 34.6 Å². The third-order valence-corrected chi connectivity index (χ3v) is 12.2. The highest BCUT2D eigenvalue weighted by molar-refractivity contribution is 5.82. The van der Waals surface area contributed by atoms with Gasteiger partial charge in [0.25, 0.3) is 0 Å². The minimum atomic E-state index is -0.994. The third-order valence-electron chi connectivity index (χ3n) is 12.2. The van der Waals surface area contributed by atoms with Gasteiger partial charge in [-0.25, -0.2) is 4.79 Å². The topological polar surface area (TPSA) is 131 Å². The Kier molecular flexibility index (Phi) is 6.30. The maximum absolute atomic E-state index is 13.5. The number of ether oxygens (including phenoxy) is 5. The number of rotatable bonds is 4. The monoisotopic (exact) mass is 586 g/mol. The molecule has 0 amide bonds. The van der Waals surface area contributed by atoms with Gasteiger partial charge >= 0.3 is 23.9 Å². The molecular weight excluding hydrogens is 544 g/mol. The van der Waals surface area contributed by atoms with Crippen LogP contribution in [-0.4, -0.2) is 53.9 Å². The molecule has 5 fully saturated rings. The molecule has 1 aromatic rings. The molecule has 2 aliphatic heterocycles. The molecule has 3 saturated carbocycles. The second-order valence-corrected chi connectivity index (χ2v) is 14.4. The number of fused-ring (bicyclic) bond motifs is 3. The summed E-state index contributed by atoms with van der Waals surface area (Å²) in [4.78, 5) is 50.9. The van der Waals surface area contributed by atoms with Gasteiger partial charge in [0.1, 0.15) is 30.0 Å². The lowest BCUT2D eigenvalue weighted by Gasteiger charge is -2.71. The first-order valence-electron chi connectivity index (χ1n) is 15.0. The summed E-state index contributed by atoms with van der Waals surface area (Å²) in [5, 5.41) is 0. The van der Waals surface area contributed by atoms with Gasteiger partial charge in [-0.3, -0.25) is 14.4 Å².